The number of hydrogen-bond donors (Lipinski definition) is 1. The molecule has 3 nitrogen and oxygen atoms in total. The van der Waals surface area contributed by atoms with Crippen molar-refractivity contribution >= 4 is 29.0 Å². The lowest BCUT2D eigenvalue weighted by molar-refractivity contribution is 0.607. The first-order valence-electron chi connectivity index (χ1n) is 3.52. The van der Waals surface area contributed by atoms with Crippen molar-refractivity contribution in [3.63, 3.8) is 0 Å². The van der Waals surface area contributed by atoms with Crippen molar-refractivity contribution in [2.24, 2.45) is 0 Å². The minimum Gasteiger partial charge on any atom is -0.284 e. The van der Waals surface area contributed by atoms with Crippen LogP contribution < -0.4 is 10.2 Å². The van der Waals surface area contributed by atoms with E-state index in [9.17, 15) is 8.42 Å². The molecule has 0 bridgehead atoms. The highest BCUT2D eigenvalue weighted by Crippen LogP contribution is 2.02. The van der Waals surface area contributed by atoms with Crippen molar-refractivity contribution in [1.82, 2.24) is 0 Å². The minimum absolute atomic E-state index is 0.639. The zero-order valence-electron chi connectivity index (χ0n) is 7.03. The van der Waals surface area contributed by atoms with Gasteiger partial charge in [0.15, 0.2) is 0 Å². The third-order valence-electron chi connectivity index (χ3n) is 1.44. The molecule has 0 unspecified atom stereocenters. The summed E-state index contributed by atoms with van der Waals surface area (Å²) >= 11 is 0. The summed E-state index contributed by atoms with van der Waals surface area (Å²) in [4.78, 5) is 0. The van der Waals surface area contributed by atoms with Gasteiger partial charge in [0.25, 0.3) is 0 Å². The summed E-state index contributed by atoms with van der Waals surface area (Å²) in [5, 5.41) is 0. The molecule has 0 heterocycles. The molecule has 1 aromatic rings. The fourth-order valence-electron chi connectivity index (χ4n) is 0.887. The normalized spacial score (nSPS) is 11.1. The number of rotatable bonds is 2. The molecule has 64 valence electrons. The molecule has 0 amide bonds. The lowest BCUT2D eigenvalue weighted by Gasteiger charge is -2.05. The van der Waals surface area contributed by atoms with E-state index >= 15 is 0 Å². The molecule has 0 aliphatic heterocycles. The quantitative estimate of drug-likeness (QED) is 0.617. The molecule has 0 fully saturated rings. The second-order valence-electron chi connectivity index (χ2n) is 2.69. The Balaban J connectivity index is 2.98. The van der Waals surface area contributed by atoms with Crippen molar-refractivity contribution in [2.45, 2.75) is 0 Å². The molecule has 0 saturated carbocycles. The summed E-state index contributed by atoms with van der Waals surface area (Å²) in [6.45, 7) is 0. The van der Waals surface area contributed by atoms with E-state index in [1.807, 2.05) is 20.0 Å². The minimum atomic E-state index is -3.15. The van der Waals surface area contributed by atoms with Crippen molar-refractivity contribution < 1.29 is 8.42 Å². The molecule has 0 radical (unpaired) electrons. The molecule has 1 rings (SSSR count). The molecule has 5 heteroatoms. The Bertz CT molecular complexity index is 375. The number of anilines is 1. The Morgan fingerprint density at radius 3 is 2.42 bits per heavy atom. The first-order chi connectivity index (χ1) is 5.49. The van der Waals surface area contributed by atoms with E-state index in [0.717, 1.165) is 11.7 Å². The molecule has 0 atom stereocenters. The largest absolute Gasteiger partial charge is 0.284 e. The molecule has 0 saturated heterocycles. The van der Waals surface area contributed by atoms with E-state index in [2.05, 4.69) is 4.72 Å². The van der Waals surface area contributed by atoms with Gasteiger partial charge in [-0.05, 0) is 6.07 Å². The van der Waals surface area contributed by atoms with Gasteiger partial charge in [-0.2, -0.15) is 0 Å². The molecule has 0 spiro atoms. The molecule has 0 aromatic heterocycles. The highest BCUT2D eigenvalue weighted by molar-refractivity contribution is 7.92. The van der Waals surface area contributed by atoms with E-state index in [1.165, 1.54) is 0 Å². The maximum atomic E-state index is 10.8. The van der Waals surface area contributed by atoms with Crippen LogP contribution >= 0.6 is 0 Å². The lowest BCUT2D eigenvalue weighted by atomic mass is 9.95. The summed E-state index contributed by atoms with van der Waals surface area (Å²) in [7, 11) is -1.30. The van der Waals surface area contributed by atoms with Crippen molar-refractivity contribution in [3.05, 3.63) is 24.3 Å². The van der Waals surface area contributed by atoms with Gasteiger partial charge in [-0.25, -0.2) is 8.42 Å². The first kappa shape index (κ1) is 9.13. The Kier molecular flexibility index (Phi) is 2.42. The van der Waals surface area contributed by atoms with E-state index in [0.29, 0.717) is 5.69 Å². The average molecular weight is 183 g/mol. The molecule has 1 aromatic carbocycles. The molecular weight excluding hydrogens is 173 g/mol. The fraction of sp³-hybridized carbons (Fsp3) is 0.143. The maximum Gasteiger partial charge on any atom is 0.229 e. The smallest absolute Gasteiger partial charge is 0.229 e. The Labute approximate surface area is 73.3 Å². The van der Waals surface area contributed by atoms with Gasteiger partial charge in [0.1, 0.15) is 7.85 Å². The SMILES string of the molecule is Bc1ccccc1NS(C)(=O)=O. The van der Waals surface area contributed by atoms with Crippen LogP contribution in [0.25, 0.3) is 0 Å². The topological polar surface area (TPSA) is 46.2 Å². The van der Waals surface area contributed by atoms with Crippen LogP contribution in [0.3, 0.4) is 0 Å². The number of para-hydroxylation sites is 1. The van der Waals surface area contributed by atoms with Crippen molar-refractivity contribution in [1.29, 1.82) is 0 Å². The van der Waals surface area contributed by atoms with Crippen molar-refractivity contribution in [3.8, 4) is 0 Å². The monoisotopic (exact) mass is 183 g/mol. The van der Waals surface area contributed by atoms with Gasteiger partial charge < -0.3 is 0 Å². The molecule has 1 N–H and O–H groups in total. The second-order valence-corrected chi connectivity index (χ2v) is 4.44. The van der Waals surface area contributed by atoms with Crippen LogP contribution in [0, 0.1) is 0 Å². The van der Waals surface area contributed by atoms with Gasteiger partial charge in [-0.3, -0.25) is 4.72 Å². The lowest BCUT2D eigenvalue weighted by Crippen LogP contribution is -2.17. The number of benzene rings is 1. The molecule has 0 aliphatic rings. The molecule has 0 aliphatic carbocycles. The maximum absolute atomic E-state index is 10.8. The summed E-state index contributed by atoms with van der Waals surface area (Å²) in [5.41, 5.74) is 1.56. The first-order valence-corrected chi connectivity index (χ1v) is 5.41. The highest BCUT2D eigenvalue weighted by atomic mass is 32.2. The van der Waals surface area contributed by atoms with Crippen LogP contribution in [0.1, 0.15) is 0 Å². The van der Waals surface area contributed by atoms with Crippen LogP contribution in [0.15, 0.2) is 24.3 Å². The van der Waals surface area contributed by atoms with Crippen LogP contribution in [0.5, 0.6) is 0 Å². The number of hydrogen-bond acceptors (Lipinski definition) is 2. The summed E-state index contributed by atoms with van der Waals surface area (Å²) in [6, 6.07) is 7.24. The van der Waals surface area contributed by atoms with E-state index < -0.39 is 10.0 Å². The zero-order chi connectivity index (χ0) is 9.19. The third-order valence-corrected chi connectivity index (χ3v) is 2.03. The summed E-state index contributed by atoms with van der Waals surface area (Å²) < 4.78 is 24.1. The predicted octanol–water partition coefficient (Wildman–Crippen LogP) is -0.684. The van der Waals surface area contributed by atoms with E-state index in [-0.39, 0.29) is 0 Å². The Hall–Kier alpha value is -0.965. The highest BCUT2D eigenvalue weighted by Gasteiger charge is 2.02. The Morgan fingerprint density at radius 2 is 1.92 bits per heavy atom. The molecule has 12 heavy (non-hydrogen) atoms. The van der Waals surface area contributed by atoms with E-state index in [4.69, 9.17) is 0 Å². The van der Waals surface area contributed by atoms with Crippen LogP contribution in [0.2, 0.25) is 0 Å². The number of nitrogens with one attached hydrogen (secondary N) is 1. The van der Waals surface area contributed by atoms with Crippen LogP contribution in [-0.4, -0.2) is 22.5 Å². The van der Waals surface area contributed by atoms with Gasteiger partial charge in [-0.1, -0.05) is 23.7 Å². The predicted molar refractivity (Wildman–Crippen MR) is 53.1 cm³/mol. The number of sulfonamides is 1. The Morgan fingerprint density at radius 1 is 1.33 bits per heavy atom. The van der Waals surface area contributed by atoms with Gasteiger partial charge >= 0.3 is 0 Å². The second kappa shape index (κ2) is 3.19. The fourth-order valence-corrected chi connectivity index (χ4v) is 1.52. The van der Waals surface area contributed by atoms with Gasteiger partial charge in [-0.15, -0.1) is 0 Å². The van der Waals surface area contributed by atoms with Gasteiger partial charge in [0.05, 0.1) is 6.26 Å². The van der Waals surface area contributed by atoms with Crippen LogP contribution in [0.4, 0.5) is 5.69 Å². The summed E-state index contributed by atoms with van der Waals surface area (Å²) in [6.07, 6.45) is 1.14. The van der Waals surface area contributed by atoms with Crippen molar-refractivity contribution in [2.75, 3.05) is 11.0 Å². The van der Waals surface area contributed by atoms with Crippen LogP contribution in [-0.2, 0) is 10.0 Å². The van der Waals surface area contributed by atoms with Gasteiger partial charge in [0, 0.05) is 5.69 Å². The zero-order valence-corrected chi connectivity index (χ0v) is 7.85. The van der Waals surface area contributed by atoms with Gasteiger partial charge in [0.2, 0.25) is 10.0 Å². The average Bonchev–Trinajstić information content (AvgIpc) is 1.91. The van der Waals surface area contributed by atoms with E-state index in [1.54, 1.807) is 12.1 Å². The third kappa shape index (κ3) is 2.58. The standard InChI is InChI=1S/C7H10BNO2S/c1-12(10,11)9-7-5-3-2-4-6(7)8/h2-5,9H,8H2,1H3. The summed E-state index contributed by atoms with van der Waals surface area (Å²) in [5.74, 6) is 0. The molecular formula is C7H10BNO2S.